The number of nitrogens with one attached hydrogen (secondary N) is 1. The largest absolute Gasteiger partial charge is 0.475 e. The molecule has 1 N–H and O–H groups in total. The van der Waals surface area contributed by atoms with Crippen LogP contribution >= 0.6 is 0 Å². The van der Waals surface area contributed by atoms with Gasteiger partial charge in [0.05, 0.1) is 0 Å². The maximum absolute atomic E-state index is 6.01. The van der Waals surface area contributed by atoms with Crippen molar-refractivity contribution in [2.45, 2.75) is 39.0 Å². The van der Waals surface area contributed by atoms with Gasteiger partial charge in [-0.1, -0.05) is 44.2 Å². The number of hydrogen-bond acceptors (Lipinski definition) is 2. The second-order valence-corrected chi connectivity index (χ2v) is 4.84. The van der Waals surface area contributed by atoms with Gasteiger partial charge in [-0.2, -0.15) is 0 Å². The van der Waals surface area contributed by atoms with Gasteiger partial charge in [-0.15, -0.1) is 0 Å². The fourth-order valence-corrected chi connectivity index (χ4v) is 2.76. The lowest BCUT2D eigenvalue weighted by Crippen LogP contribution is -2.40. The molecule has 0 saturated carbocycles. The molecule has 0 saturated heterocycles. The Hall–Kier alpha value is -1.54. The summed E-state index contributed by atoms with van der Waals surface area (Å²) in [6, 6.07) is 13.2. The van der Waals surface area contributed by atoms with Crippen LogP contribution in [-0.4, -0.2) is 6.23 Å². The first kappa shape index (κ1) is 11.5. The van der Waals surface area contributed by atoms with Gasteiger partial charge < -0.3 is 4.74 Å². The molecular formula is C16H19NO. The molecule has 1 aliphatic rings. The molecule has 0 spiro atoms. The average molecular weight is 241 g/mol. The smallest absolute Gasteiger partial charge is 0.150 e. The van der Waals surface area contributed by atoms with E-state index >= 15 is 0 Å². The van der Waals surface area contributed by atoms with Gasteiger partial charge in [-0.05, 0) is 29.7 Å². The number of ether oxygens (including phenoxy) is 1. The molecule has 0 amide bonds. The topological polar surface area (TPSA) is 21.3 Å². The van der Waals surface area contributed by atoms with E-state index in [0.717, 1.165) is 18.6 Å². The molecule has 3 rings (SSSR count). The van der Waals surface area contributed by atoms with E-state index in [1.807, 2.05) is 0 Å². The van der Waals surface area contributed by atoms with Crippen LogP contribution in [0.4, 0.5) is 0 Å². The zero-order valence-corrected chi connectivity index (χ0v) is 10.9. The van der Waals surface area contributed by atoms with Gasteiger partial charge in [-0.3, -0.25) is 5.32 Å². The Kier molecular flexibility index (Phi) is 2.96. The van der Waals surface area contributed by atoms with Crippen LogP contribution in [0.1, 0.15) is 38.3 Å². The van der Waals surface area contributed by atoms with Crippen LogP contribution in [0.5, 0.6) is 5.75 Å². The third-order valence-corrected chi connectivity index (χ3v) is 3.71. The van der Waals surface area contributed by atoms with E-state index < -0.39 is 0 Å². The number of rotatable bonds is 2. The summed E-state index contributed by atoms with van der Waals surface area (Å²) >= 11 is 0. The predicted octanol–water partition coefficient (Wildman–Crippen LogP) is 4.01. The Bertz CT molecular complexity index is 564. The molecule has 2 aromatic carbocycles. The molecule has 2 heteroatoms. The fraction of sp³-hybridized carbons (Fsp3) is 0.375. The van der Waals surface area contributed by atoms with Crippen molar-refractivity contribution in [3.8, 4) is 5.75 Å². The lowest BCUT2D eigenvalue weighted by Gasteiger charge is -2.33. The summed E-state index contributed by atoms with van der Waals surface area (Å²) in [6.07, 6.45) is 2.22. The fourth-order valence-electron chi connectivity index (χ4n) is 2.76. The molecule has 94 valence electrons. The van der Waals surface area contributed by atoms with Gasteiger partial charge in [-0.25, -0.2) is 0 Å². The SMILES string of the molecule is CCC1NC(CC)c2c(ccc3ccccc23)O1. The maximum Gasteiger partial charge on any atom is 0.150 e. The molecule has 1 heterocycles. The Labute approximate surface area is 108 Å². The molecule has 0 fully saturated rings. The van der Waals surface area contributed by atoms with Gasteiger partial charge in [0.1, 0.15) is 12.0 Å². The molecule has 2 aromatic rings. The predicted molar refractivity (Wildman–Crippen MR) is 74.8 cm³/mol. The number of benzene rings is 2. The second kappa shape index (κ2) is 4.62. The molecule has 0 aromatic heterocycles. The van der Waals surface area contributed by atoms with Gasteiger partial charge in [0.2, 0.25) is 0 Å². The van der Waals surface area contributed by atoms with E-state index in [1.54, 1.807) is 0 Å². The normalized spacial score (nSPS) is 22.6. The Morgan fingerprint density at radius 1 is 1.06 bits per heavy atom. The van der Waals surface area contributed by atoms with Crippen molar-refractivity contribution in [1.82, 2.24) is 5.32 Å². The minimum Gasteiger partial charge on any atom is -0.475 e. The Balaban J connectivity index is 2.19. The molecular weight excluding hydrogens is 222 g/mol. The van der Waals surface area contributed by atoms with Crippen LogP contribution < -0.4 is 10.1 Å². The Morgan fingerprint density at radius 2 is 1.89 bits per heavy atom. The van der Waals surface area contributed by atoms with Crippen molar-refractivity contribution in [3.05, 3.63) is 42.0 Å². The third-order valence-electron chi connectivity index (χ3n) is 3.71. The highest BCUT2D eigenvalue weighted by Gasteiger charge is 2.26. The standard InChI is InChI=1S/C16H19NO/c1-3-13-16-12-8-6-5-7-11(12)9-10-14(16)18-15(4-2)17-13/h5-10,13,15,17H,3-4H2,1-2H3. The highest BCUT2D eigenvalue weighted by molar-refractivity contribution is 5.88. The van der Waals surface area contributed by atoms with E-state index in [-0.39, 0.29) is 6.23 Å². The zero-order valence-electron chi connectivity index (χ0n) is 10.9. The molecule has 2 atom stereocenters. The first-order valence-corrected chi connectivity index (χ1v) is 6.77. The van der Waals surface area contributed by atoms with Crippen LogP contribution in [-0.2, 0) is 0 Å². The minimum atomic E-state index is 0.142. The third kappa shape index (κ3) is 1.77. The van der Waals surface area contributed by atoms with Gasteiger partial charge >= 0.3 is 0 Å². The van der Waals surface area contributed by atoms with Crippen LogP contribution in [0.15, 0.2) is 36.4 Å². The highest BCUT2D eigenvalue weighted by atomic mass is 16.5. The van der Waals surface area contributed by atoms with Crippen molar-refractivity contribution in [3.63, 3.8) is 0 Å². The number of fused-ring (bicyclic) bond motifs is 3. The molecule has 1 aliphatic heterocycles. The first-order chi connectivity index (χ1) is 8.83. The molecule has 2 nitrogen and oxygen atoms in total. The molecule has 0 bridgehead atoms. The lowest BCUT2D eigenvalue weighted by atomic mass is 9.94. The quantitative estimate of drug-likeness (QED) is 0.857. The van der Waals surface area contributed by atoms with Crippen molar-refractivity contribution in [2.75, 3.05) is 0 Å². The van der Waals surface area contributed by atoms with E-state index in [9.17, 15) is 0 Å². The van der Waals surface area contributed by atoms with Gasteiger partial charge in [0, 0.05) is 11.6 Å². The minimum absolute atomic E-state index is 0.142. The monoisotopic (exact) mass is 241 g/mol. The number of hydrogen-bond donors (Lipinski definition) is 1. The lowest BCUT2D eigenvalue weighted by molar-refractivity contribution is 0.119. The molecule has 0 radical (unpaired) electrons. The van der Waals surface area contributed by atoms with E-state index in [1.165, 1.54) is 16.3 Å². The van der Waals surface area contributed by atoms with E-state index in [2.05, 4.69) is 55.6 Å². The summed E-state index contributed by atoms with van der Waals surface area (Å²) in [4.78, 5) is 0. The van der Waals surface area contributed by atoms with Crippen molar-refractivity contribution >= 4 is 10.8 Å². The molecule has 0 aliphatic carbocycles. The van der Waals surface area contributed by atoms with Gasteiger partial charge in [0.15, 0.2) is 0 Å². The summed E-state index contributed by atoms with van der Waals surface area (Å²) in [5.41, 5.74) is 1.32. The molecule has 2 unspecified atom stereocenters. The maximum atomic E-state index is 6.01. The average Bonchev–Trinajstić information content (AvgIpc) is 2.45. The summed E-state index contributed by atoms with van der Waals surface area (Å²) < 4.78 is 6.01. The molecule has 18 heavy (non-hydrogen) atoms. The first-order valence-electron chi connectivity index (χ1n) is 6.77. The zero-order chi connectivity index (χ0) is 12.5. The van der Waals surface area contributed by atoms with Crippen molar-refractivity contribution < 1.29 is 4.74 Å². The van der Waals surface area contributed by atoms with Crippen LogP contribution in [0.2, 0.25) is 0 Å². The summed E-state index contributed by atoms with van der Waals surface area (Å²) in [7, 11) is 0. The highest BCUT2D eigenvalue weighted by Crippen LogP contribution is 2.38. The van der Waals surface area contributed by atoms with Crippen LogP contribution in [0.25, 0.3) is 10.8 Å². The van der Waals surface area contributed by atoms with E-state index in [4.69, 9.17) is 4.74 Å². The van der Waals surface area contributed by atoms with E-state index in [0.29, 0.717) is 6.04 Å². The van der Waals surface area contributed by atoms with Gasteiger partial charge in [0.25, 0.3) is 0 Å². The van der Waals surface area contributed by atoms with Crippen molar-refractivity contribution in [1.29, 1.82) is 0 Å². The summed E-state index contributed by atoms with van der Waals surface area (Å²) in [5, 5.41) is 6.18. The summed E-state index contributed by atoms with van der Waals surface area (Å²) in [5.74, 6) is 1.05. The van der Waals surface area contributed by atoms with Crippen LogP contribution in [0.3, 0.4) is 0 Å². The van der Waals surface area contributed by atoms with Crippen molar-refractivity contribution in [2.24, 2.45) is 0 Å². The van der Waals surface area contributed by atoms with Crippen LogP contribution in [0, 0.1) is 0 Å². The summed E-state index contributed by atoms with van der Waals surface area (Å²) in [6.45, 7) is 4.37. The second-order valence-electron chi connectivity index (χ2n) is 4.84. The Morgan fingerprint density at radius 3 is 2.67 bits per heavy atom.